The van der Waals surface area contributed by atoms with Crippen LogP contribution in [0.3, 0.4) is 0 Å². The van der Waals surface area contributed by atoms with Crippen molar-refractivity contribution >= 4 is 55.6 Å². The number of hydrogen-bond donors (Lipinski definition) is 0. The van der Waals surface area contributed by atoms with E-state index in [0.717, 1.165) is 5.52 Å². The standard InChI is InChI=1S/C18H17BrClFN4O2/c1-18(2,3)27-17(26)24-4-5-25-12(8-24)23-11-7-22-15-9(16(11)25)6-10(20)13(19)14(15)21/h6-7H,4-5,8H2,1-3H3. The minimum absolute atomic E-state index is 0.193. The van der Waals surface area contributed by atoms with E-state index in [4.69, 9.17) is 16.3 Å². The Morgan fingerprint density at radius 3 is 2.81 bits per heavy atom. The zero-order chi connectivity index (χ0) is 19.5. The molecule has 0 bridgehead atoms. The Kier molecular flexibility index (Phi) is 4.31. The highest BCUT2D eigenvalue weighted by Crippen LogP contribution is 2.35. The van der Waals surface area contributed by atoms with Crippen molar-refractivity contribution in [3.8, 4) is 0 Å². The van der Waals surface area contributed by atoms with E-state index in [0.29, 0.717) is 36.4 Å². The van der Waals surface area contributed by atoms with E-state index in [1.165, 1.54) is 0 Å². The van der Waals surface area contributed by atoms with Crippen LogP contribution >= 0.6 is 27.5 Å². The predicted molar refractivity (Wildman–Crippen MR) is 104 cm³/mol. The molecule has 1 amide bonds. The highest BCUT2D eigenvalue weighted by atomic mass is 79.9. The molecule has 4 rings (SSSR count). The quantitative estimate of drug-likeness (QED) is 0.453. The molecular weight excluding hydrogens is 439 g/mol. The SMILES string of the molecule is CC(C)(C)OC(=O)N1CCn2c(nc3cnc4c(F)c(Br)c(Cl)cc4c32)C1. The van der Waals surface area contributed by atoms with Crippen LogP contribution < -0.4 is 0 Å². The molecular formula is C18H17BrClFN4O2. The van der Waals surface area contributed by atoms with E-state index >= 15 is 0 Å². The Morgan fingerprint density at radius 1 is 1.37 bits per heavy atom. The number of ether oxygens (including phenoxy) is 1. The van der Waals surface area contributed by atoms with Gasteiger partial charge in [0.05, 0.1) is 27.8 Å². The van der Waals surface area contributed by atoms with Gasteiger partial charge in [-0.25, -0.2) is 14.2 Å². The lowest BCUT2D eigenvalue weighted by molar-refractivity contribution is 0.0197. The number of carbonyl (C=O) groups is 1. The number of pyridine rings is 1. The summed E-state index contributed by atoms with van der Waals surface area (Å²) < 4.78 is 22.2. The lowest BCUT2D eigenvalue weighted by Gasteiger charge is -2.30. The van der Waals surface area contributed by atoms with Gasteiger partial charge in [0.1, 0.15) is 22.5 Å². The fourth-order valence-corrected chi connectivity index (χ4v) is 3.72. The average molecular weight is 456 g/mol. The van der Waals surface area contributed by atoms with E-state index in [2.05, 4.69) is 25.9 Å². The molecule has 0 atom stereocenters. The van der Waals surface area contributed by atoms with Crippen LogP contribution in [0.2, 0.25) is 5.02 Å². The van der Waals surface area contributed by atoms with Crippen molar-refractivity contribution in [1.82, 2.24) is 19.4 Å². The van der Waals surface area contributed by atoms with Crippen molar-refractivity contribution in [2.45, 2.75) is 39.5 Å². The molecule has 0 aliphatic carbocycles. The molecule has 0 spiro atoms. The summed E-state index contributed by atoms with van der Waals surface area (Å²) in [6.45, 7) is 6.82. The Balaban J connectivity index is 1.80. The zero-order valence-electron chi connectivity index (χ0n) is 15.0. The second kappa shape index (κ2) is 6.31. The second-order valence-corrected chi connectivity index (χ2v) is 8.66. The van der Waals surface area contributed by atoms with Gasteiger partial charge >= 0.3 is 6.09 Å². The van der Waals surface area contributed by atoms with Crippen LogP contribution in [0.15, 0.2) is 16.7 Å². The molecule has 0 saturated heterocycles. The van der Waals surface area contributed by atoms with E-state index in [1.54, 1.807) is 17.2 Å². The van der Waals surface area contributed by atoms with Crippen molar-refractivity contribution in [2.75, 3.05) is 6.54 Å². The maximum absolute atomic E-state index is 14.6. The summed E-state index contributed by atoms with van der Waals surface area (Å²) in [5, 5.41) is 0.874. The monoisotopic (exact) mass is 454 g/mol. The number of carbonyl (C=O) groups excluding carboxylic acids is 1. The van der Waals surface area contributed by atoms with Gasteiger partial charge in [0.25, 0.3) is 0 Å². The molecule has 3 heterocycles. The number of fused-ring (bicyclic) bond motifs is 5. The average Bonchev–Trinajstić information content (AvgIpc) is 2.96. The lowest BCUT2D eigenvalue weighted by atomic mass is 10.2. The summed E-state index contributed by atoms with van der Waals surface area (Å²) in [7, 11) is 0. The predicted octanol–water partition coefficient (Wildman–Crippen LogP) is 4.89. The minimum Gasteiger partial charge on any atom is -0.444 e. The number of hydrogen-bond acceptors (Lipinski definition) is 4. The first kappa shape index (κ1) is 18.4. The molecule has 9 heteroatoms. The fourth-order valence-electron chi connectivity index (χ4n) is 3.23. The first-order valence-corrected chi connectivity index (χ1v) is 9.62. The molecule has 0 unspecified atom stereocenters. The van der Waals surface area contributed by atoms with Crippen LogP contribution in [0.4, 0.5) is 9.18 Å². The molecule has 142 valence electrons. The number of imidazole rings is 1. The maximum atomic E-state index is 14.6. The second-order valence-electron chi connectivity index (χ2n) is 7.46. The van der Waals surface area contributed by atoms with Gasteiger partial charge in [-0.1, -0.05) is 11.6 Å². The number of rotatable bonds is 0. The van der Waals surface area contributed by atoms with Gasteiger partial charge in [0.15, 0.2) is 5.82 Å². The first-order chi connectivity index (χ1) is 12.7. The van der Waals surface area contributed by atoms with Crippen LogP contribution in [0, 0.1) is 5.82 Å². The van der Waals surface area contributed by atoms with Gasteiger partial charge < -0.3 is 9.30 Å². The third-order valence-electron chi connectivity index (χ3n) is 4.36. The number of nitrogens with zero attached hydrogens (tertiary/aromatic N) is 4. The summed E-state index contributed by atoms with van der Waals surface area (Å²) in [6, 6.07) is 1.69. The first-order valence-electron chi connectivity index (χ1n) is 8.45. The summed E-state index contributed by atoms with van der Waals surface area (Å²) in [5.74, 6) is 0.206. The van der Waals surface area contributed by atoms with Crippen LogP contribution in [-0.2, 0) is 17.8 Å². The summed E-state index contributed by atoms with van der Waals surface area (Å²) in [6.07, 6.45) is 1.17. The van der Waals surface area contributed by atoms with Gasteiger partial charge in [-0.3, -0.25) is 9.88 Å². The van der Waals surface area contributed by atoms with Crippen molar-refractivity contribution in [2.24, 2.45) is 0 Å². The molecule has 2 aromatic heterocycles. The normalized spacial score (nSPS) is 14.7. The van der Waals surface area contributed by atoms with E-state index in [9.17, 15) is 9.18 Å². The number of halogens is 3. The minimum atomic E-state index is -0.559. The molecule has 0 radical (unpaired) electrons. The molecule has 1 aromatic carbocycles. The number of amides is 1. The lowest BCUT2D eigenvalue weighted by Crippen LogP contribution is -2.41. The third-order valence-corrected chi connectivity index (χ3v) is 5.66. The Morgan fingerprint density at radius 2 is 2.11 bits per heavy atom. The Hall–Kier alpha value is -1.93. The van der Waals surface area contributed by atoms with Gasteiger partial charge in [0.2, 0.25) is 0 Å². The maximum Gasteiger partial charge on any atom is 0.410 e. The topological polar surface area (TPSA) is 60.2 Å². The molecule has 0 fully saturated rings. The van der Waals surface area contributed by atoms with E-state index < -0.39 is 11.4 Å². The van der Waals surface area contributed by atoms with Gasteiger partial charge in [-0.05, 0) is 42.8 Å². The molecule has 0 saturated carbocycles. The molecule has 3 aromatic rings. The van der Waals surface area contributed by atoms with Crippen LogP contribution in [0.25, 0.3) is 21.9 Å². The molecule has 6 nitrogen and oxygen atoms in total. The highest BCUT2D eigenvalue weighted by Gasteiger charge is 2.28. The van der Waals surface area contributed by atoms with Gasteiger partial charge in [-0.2, -0.15) is 0 Å². The Labute approximate surface area is 168 Å². The smallest absolute Gasteiger partial charge is 0.410 e. The number of aromatic nitrogens is 3. The number of benzene rings is 1. The molecule has 27 heavy (non-hydrogen) atoms. The zero-order valence-corrected chi connectivity index (χ0v) is 17.4. The van der Waals surface area contributed by atoms with Crippen molar-refractivity contribution in [3.63, 3.8) is 0 Å². The fraction of sp³-hybridized carbons (Fsp3) is 0.389. The van der Waals surface area contributed by atoms with Crippen molar-refractivity contribution < 1.29 is 13.9 Å². The van der Waals surface area contributed by atoms with E-state index in [-0.39, 0.29) is 21.1 Å². The van der Waals surface area contributed by atoms with Crippen molar-refractivity contribution in [1.29, 1.82) is 0 Å². The van der Waals surface area contributed by atoms with Gasteiger partial charge in [0, 0.05) is 18.5 Å². The molecule has 1 aliphatic heterocycles. The summed E-state index contributed by atoms with van der Waals surface area (Å²) in [4.78, 5) is 22.8. The van der Waals surface area contributed by atoms with E-state index in [1.807, 2.05) is 25.3 Å². The molecule has 0 N–H and O–H groups in total. The summed E-state index contributed by atoms with van der Waals surface area (Å²) in [5.41, 5.74) is 1.08. The van der Waals surface area contributed by atoms with Crippen LogP contribution in [0.1, 0.15) is 26.6 Å². The third kappa shape index (κ3) is 3.14. The molecule has 1 aliphatic rings. The Bertz CT molecular complexity index is 1090. The largest absolute Gasteiger partial charge is 0.444 e. The van der Waals surface area contributed by atoms with Crippen LogP contribution in [0.5, 0.6) is 0 Å². The van der Waals surface area contributed by atoms with Gasteiger partial charge in [-0.15, -0.1) is 0 Å². The van der Waals surface area contributed by atoms with Crippen molar-refractivity contribution in [3.05, 3.63) is 33.4 Å². The van der Waals surface area contributed by atoms with Crippen LogP contribution in [-0.4, -0.2) is 37.7 Å². The summed E-state index contributed by atoms with van der Waals surface area (Å²) >= 11 is 9.31. The highest BCUT2D eigenvalue weighted by molar-refractivity contribution is 9.10.